The van der Waals surface area contributed by atoms with E-state index in [0.717, 1.165) is 6.07 Å². The molecule has 1 saturated heterocycles. The van der Waals surface area contributed by atoms with Crippen LogP contribution in [0, 0.1) is 11.6 Å². The first-order valence-corrected chi connectivity index (χ1v) is 7.36. The van der Waals surface area contributed by atoms with E-state index < -0.39 is 23.8 Å². The van der Waals surface area contributed by atoms with Crippen LogP contribution in [0.3, 0.4) is 0 Å². The molecule has 1 N–H and O–H groups in total. The van der Waals surface area contributed by atoms with Gasteiger partial charge in [-0.1, -0.05) is 6.92 Å². The summed E-state index contributed by atoms with van der Waals surface area (Å²) in [5, 5.41) is 9.04. The zero-order chi connectivity index (χ0) is 16.3. The van der Waals surface area contributed by atoms with Gasteiger partial charge in [0.05, 0.1) is 6.04 Å². The largest absolute Gasteiger partial charge is 0.465 e. The third-order valence-corrected chi connectivity index (χ3v) is 4.15. The van der Waals surface area contributed by atoms with Crippen LogP contribution in [0.4, 0.5) is 13.6 Å². The molecule has 4 nitrogen and oxygen atoms in total. The number of hydrogen-bond donors (Lipinski definition) is 1. The Hall–Kier alpha value is -1.98. The number of likely N-dealkylation sites (tertiary alicyclic amines) is 1. The first-order chi connectivity index (χ1) is 10.4. The molecule has 0 bridgehead atoms. The second kappa shape index (κ2) is 6.85. The Morgan fingerprint density at radius 3 is 2.55 bits per heavy atom. The Labute approximate surface area is 127 Å². The summed E-state index contributed by atoms with van der Waals surface area (Å²) in [5.41, 5.74) is 0.506. The van der Waals surface area contributed by atoms with Gasteiger partial charge in [-0.2, -0.15) is 0 Å². The fraction of sp³-hybridized carbons (Fsp3) is 0.500. The summed E-state index contributed by atoms with van der Waals surface area (Å²) in [6, 6.07) is 2.76. The first-order valence-electron chi connectivity index (χ1n) is 7.36. The van der Waals surface area contributed by atoms with Crippen LogP contribution in [-0.2, 0) is 4.79 Å². The number of carboxylic acid groups (broad SMARTS) is 1. The summed E-state index contributed by atoms with van der Waals surface area (Å²) in [7, 11) is 0. The van der Waals surface area contributed by atoms with Gasteiger partial charge in [0.2, 0.25) is 0 Å². The normalized spacial score (nSPS) is 19.2. The maximum absolute atomic E-state index is 13.2. The second-order valence-corrected chi connectivity index (χ2v) is 5.74. The molecule has 1 aromatic carbocycles. The molecule has 2 unspecified atom stereocenters. The number of Topliss-reactive ketones (excluding diaryl/α,β-unsaturated/α-hetero) is 1. The van der Waals surface area contributed by atoms with Crippen molar-refractivity contribution in [2.45, 2.75) is 44.6 Å². The van der Waals surface area contributed by atoms with Crippen LogP contribution in [-0.4, -0.2) is 34.5 Å². The predicted molar refractivity (Wildman–Crippen MR) is 76.8 cm³/mol. The minimum atomic E-state index is -1.07. The Kier molecular flexibility index (Phi) is 5.11. The number of ketones is 1. The maximum atomic E-state index is 13.2. The lowest BCUT2D eigenvalue weighted by Gasteiger charge is -2.21. The Bertz CT molecular complexity index is 556. The summed E-state index contributed by atoms with van der Waals surface area (Å²) in [4.78, 5) is 24.4. The number of amides is 1. The molecule has 22 heavy (non-hydrogen) atoms. The van der Waals surface area contributed by atoms with Gasteiger partial charge >= 0.3 is 6.09 Å². The highest BCUT2D eigenvalue weighted by molar-refractivity contribution is 5.87. The monoisotopic (exact) mass is 311 g/mol. The predicted octanol–water partition coefficient (Wildman–Crippen LogP) is 3.56. The first kappa shape index (κ1) is 16.4. The van der Waals surface area contributed by atoms with Crippen molar-refractivity contribution in [1.29, 1.82) is 0 Å². The quantitative estimate of drug-likeness (QED) is 0.904. The van der Waals surface area contributed by atoms with Crippen LogP contribution < -0.4 is 0 Å². The Morgan fingerprint density at radius 1 is 1.32 bits per heavy atom. The number of benzene rings is 1. The van der Waals surface area contributed by atoms with Crippen LogP contribution in [0.15, 0.2) is 18.2 Å². The van der Waals surface area contributed by atoms with Crippen molar-refractivity contribution in [1.82, 2.24) is 4.90 Å². The zero-order valence-electron chi connectivity index (χ0n) is 12.4. The minimum Gasteiger partial charge on any atom is -0.465 e. The summed E-state index contributed by atoms with van der Waals surface area (Å²) < 4.78 is 26.4. The van der Waals surface area contributed by atoms with Crippen molar-refractivity contribution < 1.29 is 23.5 Å². The number of carbonyl (C=O) groups excluding carboxylic acids is 1. The average molecular weight is 311 g/mol. The second-order valence-electron chi connectivity index (χ2n) is 5.74. The number of rotatable bonds is 5. The summed E-state index contributed by atoms with van der Waals surface area (Å²) in [6.45, 7) is 2.18. The van der Waals surface area contributed by atoms with Gasteiger partial charge in [-0.25, -0.2) is 13.6 Å². The van der Waals surface area contributed by atoms with Gasteiger partial charge in [-0.15, -0.1) is 0 Å². The molecule has 1 heterocycles. The smallest absolute Gasteiger partial charge is 0.407 e. The van der Waals surface area contributed by atoms with E-state index in [1.54, 1.807) is 6.92 Å². The zero-order valence-corrected chi connectivity index (χ0v) is 12.4. The lowest BCUT2D eigenvalue weighted by atomic mass is 9.93. The van der Waals surface area contributed by atoms with Gasteiger partial charge in [-0.05, 0) is 42.9 Å². The number of carbonyl (C=O) groups is 2. The molecule has 1 amide bonds. The van der Waals surface area contributed by atoms with Gasteiger partial charge < -0.3 is 5.11 Å². The molecule has 0 aliphatic carbocycles. The molecule has 2 atom stereocenters. The van der Waals surface area contributed by atoms with E-state index in [0.29, 0.717) is 31.4 Å². The fourth-order valence-corrected chi connectivity index (χ4v) is 2.88. The Balaban J connectivity index is 1.94. The molecule has 0 radical (unpaired) electrons. The van der Waals surface area contributed by atoms with E-state index in [1.807, 2.05) is 0 Å². The van der Waals surface area contributed by atoms with Gasteiger partial charge in [-0.3, -0.25) is 9.69 Å². The highest BCUT2D eigenvalue weighted by atomic mass is 19.1. The molecule has 120 valence electrons. The van der Waals surface area contributed by atoms with Gasteiger partial charge in [0, 0.05) is 19.0 Å². The minimum absolute atomic E-state index is 0.122. The summed E-state index contributed by atoms with van der Waals surface area (Å²) in [5.74, 6) is -1.57. The number of nitrogens with zero attached hydrogens (tertiary/aromatic N) is 1. The molecule has 1 aliphatic heterocycles. The van der Waals surface area contributed by atoms with Crippen molar-refractivity contribution in [3.05, 3.63) is 35.4 Å². The Morgan fingerprint density at radius 2 is 1.95 bits per heavy atom. The number of halogens is 2. The van der Waals surface area contributed by atoms with E-state index in [1.165, 1.54) is 17.0 Å². The van der Waals surface area contributed by atoms with Gasteiger partial charge in [0.15, 0.2) is 5.78 Å². The highest BCUT2D eigenvalue weighted by Gasteiger charge is 2.33. The maximum Gasteiger partial charge on any atom is 0.407 e. The van der Waals surface area contributed by atoms with Crippen LogP contribution in [0.5, 0.6) is 0 Å². The molecule has 0 saturated carbocycles. The molecular weight excluding hydrogens is 292 g/mol. The molecular formula is C16H19F2NO3. The third-order valence-electron chi connectivity index (χ3n) is 4.15. The standard InChI is InChI=1S/C16H19F2NO3/c1-10(11-7-12(17)9-13(18)8-11)4-5-15(20)14-3-2-6-19(14)16(21)22/h7-10,14H,2-6H2,1H3,(H,21,22). The van der Waals surface area contributed by atoms with E-state index in [9.17, 15) is 18.4 Å². The van der Waals surface area contributed by atoms with Crippen molar-refractivity contribution in [2.75, 3.05) is 6.54 Å². The van der Waals surface area contributed by atoms with Crippen molar-refractivity contribution >= 4 is 11.9 Å². The van der Waals surface area contributed by atoms with Gasteiger partial charge in [0.25, 0.3) is 0 Å². The molecule has 0 aromatic heterocycles. The molecule has 2 rings (SSSR count). The van der Waals surface area contributed by atoms with Crippen molar-refractivity contribution in [2.24, 2.45) is 0 Å². The summed E-state index contributed by atoms with van der Waals surface area (Å²) >= 11 is 0. The van der Waals surface area contributed by atoms with Crippen molar-refractivity contribution in [3.63, 3.8) is 0 Å². The molecule has 1 aromatic rings. The van der Waals surface area contributed by atoms with Crippen LogP contribution in [0.25, 0.3) is 0 Å². The van der Waals surface area contributed by atoms with Gasteiger partial charge in [0.1, 0.15) is 11.6 Å². The van der Waals surface area contributed by atoms with Crippen LogP contribution in [0.2, 0.25) is 0 Å². The highest BCUT2D eigenvalue weighted by Crippen LogP contribution is 2.25. The van der Waals surface area contributed by atoms with E-state index in [-0.39, 0.29) is 18.1 Å². The van der Waals surface area contributed by atoms with Crippen LogP contribution >= 0.6 is 0 Å². The molecule has 1 aliphatic rings. The van der Waals surface area contributed by atoms with E-state index in [2.05, 4.69) is 0 Å². The van der Waals surface area contributed by atoms with Crippen molar-refractivity contribution in [3.8, 4) is 0 Å². The lowest BCUT2D eigenvalue weighted by molar-refractivity contribution is -0.123. The topological polar surface area (TPSA) is 57.6 Å². The fourth-order valence-electron chi connectivity index (χ4n) is 2.88. The lowest BCUT2D eigenvalue weighted by Crippen LogP contribution is -2.39. The molecule has 0 spiro atoms. The van der Waals surface area contributed by atoms with Crippen LogP contribution in [0.1, 0.15) is 44.1 Å². The molecule has 1 fully saturated rings. The summed E-state index contributed by atoms with van der Waals surface area (Å²) in [6.07, 6.45) is 0.803. The third kappa shape index (κ3) is 3.81. The average Bonchev–Trinajstić information content (AvgIpc) is 2.93. The SMILES string of the molecule is CC(CCC(=O)C1CCCN1C(=O)O)c1cc(F)cc(F)c1. The molecule has 6 heteroatoms. The number of hydrogen-bond acceptors (Lipinski definition) is 2. The van der Waals surface area contributed by atoms with E-state index >= 15 is 0 Å². The van der Waals surface area contributed by atoms with E-state index in [4.69, 9.17) is 5.11 Å².